The maximum atomic E-state index is 13.5. The predicted octanol–water partition coefficient (Wildman–Crippen LogP) is 2.85. The Kier molecular flexibility index (Phi) is 3.48. The van der Waals surface area contributed by atoms with Gasteiger partial charge in [0.2, 0.25) is 0 Å². The van der Waals surface area contributed by atoms with Gasteiger partial charge in [-0.1, -0.05) is 24.3 Å². The topological polar surface area (TPSA) is 50.2 Å². The van der Waals surface area contributed by atoms with Gasteiger partial charge in [-0.2, -0.15) is 0 Å². The minimum atomic E-state index is -1.14. The Labute approximate surface area is 103 Å². The molecule has 18 heavy (non-hydrogen) atoms. The number of aliphatic carboxylic acids is 1. The van der Waals surface area contributed by atoms with Gasteiger partial charge >= 0.3 is 5.97 Å². The summed E-state index contributed by atoms with van der Waals surface area (Å²) < 4.78 is 13.5. The molecule has 1 aromatic carbocycles. The molecule has 1 heterocycles. The van der Waals surface area contributed by atoms with Gasteiger partial charge in [-0.3, -0.25) is 4.98 Å². The quantitative estimate of drug-likeness (QED) is 0.843. The van der Waals surface area contributed by atoms with E-state index in [1.807, 2.05) is 0 Å². The first-order valence-electron chi connectivity index (χ1n) is 5.29. The highest BCUT2D eigenvalue weighted by molar-refractivity contribution is 6.20. The van der Waals surface area contributed by atoms with E-state index in [9.17, 15) is 9.18 Å². The number of pyridine rings is 1. The summed E-state index contributed by atoms with van der Waals surface area (Å²) in [7, 11) is 0. The van der Waals surface area contributed by atoms with Crippen molar-refractivity contribution in [2.24, 2.45) is 0 Å². The molecule has 0 bridgehead atoms. The van der Waals surface area contributed by atoms with E-state index >= 15 is 0 Å². The second-order valence-electron chi connectivity index (χ2n) is 3.60. The van der Waals surface area contributed by atoms with Gasteiger partial charge in [0.05, 0.1) is 11.3 Å². The van der Waals surface area contributed by atoms with Crippen molar-refractivity contribution in [3.05, 3.63) is 65.7 Å². The Hall–Kier alpha value is -2.49. The molecule has 0 atom stereocenters. The molecular weight excluding hydrogens is 233 g/mol. The minimum absolute atomic E-state index is 0.0410. The maximum Gasteiger partial charge on any atom is 0.337 e. The third-order valence-corrected chi connectivity index (χ3v) is 2.38. The Morgan fingerprint density at radius 2 is 1.89 bits per heavy atom. The summed E-state index contributed by atoms with van der Waals surface area (Å²) in [5.74, 6) is -1.61. The molecule has 0 fully saturated rings. The zero-order chi connectivity index (χ0) is 13.0. The maximum absolute atomic E-state index is 13.5. The molecule has 0 aliphatic carbocycles. The highest BCUT2D eigenvalue weighted by atomic mass is 19.1. The fourth-order valence-corrected chi connectivity index (χ4v) is 1.51. The normalized spacial score (nSPS) is 11.3. The van der Waals surface area contributed by atoms with Gasteiger partial charge in [-0.15, -0.1) is 0 Å². The predicted molar refractivity (Wildman–Crippen MR) is 66.1 cm³/mol. The molecule has 0 saturated heterocycles. The fraction of sp³-hybridized carbons (Fsp3) is 0. The summed E-state index contributed by atoms with van der Waals surface area (Å²) in [6.45, 7) is 0. The van der Waals surface area contributed by atoms with Crippen LogP contribution >= 0.6 is 0 Å². The first-order valence-corrected chi connectivity index (χ1v) is 5.29. The van der Waals surface area contributed by atoms with Crippen molar-refractivity contribution >= 4 is 17.6 Å². The van der Waals surface area contributed by atoms with Gasteiger partial charge in [-0.25, -0.2) is 9.18 Å². The van der Waals surface area contributed by atoms with E-state index in [0.29, 0.717) is 5.69 Å². The molecule has 2 rings (SSSR count). The van der Waals surface area contributed by atoms with E-state index in [4.69, 9.17) is 5.11 Å². The van der Waals surface area contributed by atoms with Crippen molar-refractivity contribution < 1.29 is 14.3 Å². The number of hydrogen-bond acceptors (Lipinski definition) is 2. The lowest BCUT2D eigenvalue weighted by Crippen LogP contribution is -2.01. The summed E-state index contributed by atoms with van der Waals surface area (Å²) >= 11 is 0. The van der Waals surface area contributed by atoms with E-state index in [-0.39, 0.29) is 11.1 Å². The largest absolute Gasteiger partial charge is 0.478 e. The molecule has 1 aromatic heterocycles. The van der Waals surface area contributed by atoms with Crippen LogP contribution in [0.4, 0.5) is 4.39 Å². The van der Waals surface area contributed by atoms with Gasteiger partial charge in [0.15, 0.2) is 0 Å². The minimum Gasteiger partial charge on any atom is -0.478 e. The van der Waals surface area contributed by atoms with Crippen molar-refractivity contribution in [2.45, 2.75) is 0 Å². The molecule has 0 aliphatic rings. The van der Waals surface area contributed by atoms with Gasteiger partial charge in [0.1, 0.15) is 5.82 Å². The van der Waals surface area contributed by atoms with Crippen molar-refractivity contribution in [3.63, 3.8) is 0 Å². The van der Waals surface area contributed by atoms with Crippen LogP contribution in [0.5, 0.6) is 0 Å². The van der Waals surface area contributed by atoms with Gasteiger partial charge in [-0.05, 0) is 24.3 Å². The smallest absolute Gasteiger partial charge is 0.337 e. The first kappa shape index (κ1) is 12.0. The molecule has 4 heteroatoms. The molecule has 0 amide bonds. The molecule has 0 spiro atoms. The number of benzene rings is 1. The lowest BCUT2D eigenvalue weighted by atomic mass is 10.1. The molecule has 90 valence electrons. The number of carboxylic acid groups (broad SMARTS) is 1. The van der Waals surface area contributed by atoms with Crippen LogP contribution in [0.2, 0.25) is 0 Å². The van der Waals surface area contributed by atoms with Crippen molar-refractivity contribution in [3.8, 4) is 0 Å². The van der Waals surface area contributed by atoms with Gasteiger partial charge < -0.3 is 5.11 Å². The molecule has 2 aromatic rings. The Bertz CT molecular complexity index is 594. The number of halogens is 1. The highest BCUT2D eigenvalue weighted by Crippen LogP contribution is 2.18. The summed E-state index contributed by atoms with van der Waals surface area (Å²) in [6.07, 6.45) is 2.77. The summed E-state index contributed by atoms with van der Waals surface area (Å²) in [5.41, 5.74) is 0.481. The number of aromatic nitrogens is 1. The van der Waals surface area contributed by atoms with Crippen LogP contribution in [0.1, 0.15) is 11.3 Å². The second kappa shape index (κ2) is 5.23. The van der Waals surface area contributed by atoms with Crippen molar-refractivity contribution in [2.75, 3.05) is 0 Å². The number of hydrogen-bond donors (Lipinski definition) is 1. The molecule has 1 N–H and O–H groups in total. The molecule has 0 saturated carbocycles. The summed E-state index contributed by atoms with van der Waals surface area (Å²) in [5, 5.41) is 9.15. The number of nitrogens with zero attached hydrogens (tertiary/aromatic N) is 1. The van der Waals surface area contributed by atoms with Crippen LogP contribution in [0.3, 0.4) is 0 Å². The average Bonchev–Trinajstić information content (AvgIpc) is 2.38. The molecular formula is C14H10FNO2. The second-order valence-corrected chi connectivity index (χ2v) is 3.60. The monoisotopic (exact) mass is 243 g/mol. The molecule has 0 radical (unpaired) electrons. The molecule has 0 unspecified atom stereocenters. The fourth-order valence-electron chi connectivity index (χ4n) is 1.51. The third-order valence-electron chi connectivity index (χ3n) is 2.38. The van der Waals surface area contributed by atoms with Crippen LogP contribution in [0.15, 0.2) is 48.7 Å². The van der Waals surface area contributed by atoms with Gasteiger partial charge in [0.25, 0.3) is 0 Å². The Morgan fingerprint density at radius 3 is 2.50 bits per heavy atom. The zero-order valence-electron chi connectivity index (χ0n) is 9.38. The Balaban J connectivity index is 2.50. The first-order chi connectivity index (χ1) is 8.68. The number of carboxylic acids is 1. The SMILES string of the molecule is O=C(O)/C(=C/c1ccccc1F)c1ccccn1. The number of carbonyl (C=O) groups is 1. The summed E-state index contributed by atoms with van der Waals surface area (Å²) in [4.78, 5) is 15.1. The van der Waals surface area contributed by atoms with Crippen LogP contribution in [-0.4, -0.2) is 16.1 Å². The molecule has 3 nitrogen and oxygen atoms in total. The zero-order valence-corrected chi connectivity index (χ0v) is 9.38. The van der Waals surface area contributed by atoms with Crippen molar-refractivity contribution in [1.82, 2.24) is 4.98 Å². The lowest BCUT2D eigenvalue weighted by Gasteiger charge is -2.02. The summed E-state index contributed by atoms with van der Waals surface area (Å²) in [6, 6.07) is 10.9. The molecule has 0 aliphatic heterocycles. The van der Waals surface area contributed by atoms with E-state index in [0.717, 1.165) is 0 Å². The van der Waals surface area contributed by atoms with E-state index in [1.165, 1.54) is 24.4 Å². The average molecular weight is 243 g/mol. The van der Waals surface area contributed by atoms with Gasteiger partial charge in [0, 0.05) is 11.8 Å². The van der Waals surface area contributed by atoms with E-state index in [1.54, 1.807) is 30.3 Å². The van der Waals surface area contributed by atoms with E-state index in [2.05, 4.69) is 4.98 Å². The van der Waals surface area contributed by atoms with Crippen LogP contribution < -0.4 is 0 Å². The standard InChI is InChI=1S/C14H10FNO2/c15-12-6-2-1-5-10(12)9-11(14(17)18)13-7-3-4-8-16-13/h1-9H,(H,17,18)/b11-9+. The number of rotatable bonds is 3. The van der Waals surface area contributed by atoms with Crippen LogP contribution in [-0.2, 0) is 4.79 Å². The van der Waals surface area contributed by atoms with Crippen LogP contribution in [0.25, 0.3) is 11.6 Å². The highest BCUT2D eigenvalue weighted by Gasteiger charge is 2.12. The van der Waals surface area contributed by atoms with E-state index < -0.39 is 11.8 Å². The van der Waals surface area contributed by atoms with Crippen LogP contribution in [0, 0.1) is 5.82 Å². The lowest BCUT2D eigenvalue weighted by molar-refractivity contribution is -0.130. The Morgan fingerprint density at radius 1 is 1.17 bits per heavy atom. The third kappa shape index (κ3) is 2.60. The van der Waals surface area contributed by atoms with Crippen molar-refractivity contribution in [1.29, 1.82) is 0 Å².